The number of aryl methyl sites for hydroxylation is 1. The van der Waals surface area contributed by atoms with Crippen LogP contribution in [0.2, 0.25) is 0 Å². The highest BCUT2D eigenvalue weighted by molar-refractivity contribution is 8.14. The second-order valence-corrected chi connectivity index (χ2v) is 7.99. The summed E-state index contributed by atoms with van der Waals surface area (Å²) >= 11 is 2.61. The van der Waals surface area contributed by atoms with Crippen LogP contribution in [0.1, 0.15) is 30.5 Å². The van der Waals surface area contributed by atoms with Crippen molar-refractivity contribution in [1.82, 2.24) is 15.5 Å². The standard InChI is InChI=1S/C18H20N6O2S2/c1-3-13-23-24-18(28-13)21-12(25)9-27-17-20-10(2)14(16(19)26)15(22-17)11-7-5-4-6-8-11/h4-8,15H,3,9H2,1-2H3,(H2,19,26)(H,20,22)(H,21,24,25). The number of rotatable bonds is 6. The van der Waals surface area contributed by atoms with E-state index in [-0.39, 0.29) is 11.7 Å². The third kappa shape index (κ3) is 4.76. The summed E-state index contributed by atoms with van der Waals surface area (Å²) in [6, 6.07) is 8.95. The second kappa shape index (κ2) is 8.98. The van der Waals surface area contributed by atoms with Gasteiger partial charge in [0.05, 0.1) is 11.3 Å². The molecule has 28 heavy (non-hydrogen) atoms. The molecule has 0 spiro atoms. The number of aliphatic imine (C=N–C) groups is 1. The van der Waals surface area contributed by atoms with Crippen LogP contribution < -0.4 is 16.4 Å². The summed E-state index contributed by atoms with van der Waals surface area (Å²) < 4.78 is 0. The number of benzene rings is 1. The molecule has 0 aliphatic carbocycles. The van der Waals surface area contributed by atoms with E-state index in [2.05, 4.69) is 25.8 Å². The molecule has 8 nitrogen and oxygen atoms in total. The maximum absolute atomic E-state index is 12.2. The molecule has 1 aromatic carbocycles. The number of nitrogens with one attached hydrogen (secondary N) is 2. The lowest BCUT2D eigenvalue weighted by Crippen LogP contribution is -2.33. The lowest BCUT2D eigenvalue weighted by molar-refractivity contribution is -0.115. The maximum atomic E-state index is 12.2. The van der Waals surface area contributed by atoms with Gasteiger partial charge in [0.1, 0.15) is 11.0 Å². The number of amidine groups is 1. The number of carbonyl (C=O) groups excluding carboxylic acids is 2. The summed E-state index contributed by atoms with van der Waals surface area (Å²) in [5.74, 6) is -0.576. The maximum Gasteiger partial charge on any atom is 0.248 e. The Kier molecular flexibility index (Phi) is 6.42. The van der Waals surface area contributed by atoms with Crippen molar-refractivity contribution in [3.05, 3.63) is 52.2 Å². The van der Waals surface area contributed by atoms with Crippen molar-refractivity contribution in [3.63, 3.8) is 0 Å². The van der Waals surface area contributed by atoms with Crippen molar-refractivity contribution in [1.29, 1.82) is 0 Å². The van der Waals surface area contributed by atoms with Gasteiger partial charge in [0.2, 0.25) is 16.9 Å². The summed E-state index contributed by atoms with van der Waals surface area (Å²) in [4.78, 5) is 28.7. The molecule has 146 valence electrons. The molecule has 4 N–H and O–H groups in total. The predicted octanol–water partition coefficient (Wildman–Crippen LogP) is 2.23. The fourth-order valence-corrected chi connectivity index (χ4v) is 4.09. The van der Waals surface area contributed by atoms with Crippen molar-refractivity contribution in [2.75, 3.05) is 11.1 Å². The minimum Gasteiger partial charge on any atom is -0.366 e. The number of thioether (sulfide) groups is 1. The number of carbonyl (C=O) groups is 2. The average Bonchev–Trinajstić information content (AvgIpc) is 3.13. The van der Waals surface area contributed by atoms with Crippen LogP contribution in [0.25, 0.3) is 0 Å². The molecule has 0 radical (unpaired) electrons. The summed E-state index contributed by atoms with van der Waals surface area (Å²) in [5.41, 5.74) is 7.48. The number of hydrogen-bond acceptors (Lipinski definition) is 8. The first-order valence-electron chi connectivity index (χ1n) is 8.63. The summed E-state index contributed by atoms with van der Waals surface area (Å²) in [6.07, 6.45) is 0.775. The molecule has 1 aromatic heterocycles. The Morgan fingerprint density at radius 2 is 2.04 bits per heavy atom. The zero-order valence-corrected chi connectivity index (χ0v) is 17.1. The highest BCUT2D eigenvalue weighted by Gasteiger charge is 2.28. The summed E-state index contributed by atoms with van der Waals surface area (Å²) in [6.45, 7) is 3.76. The zero-order valence-electron chi connectivity index (χ0n) is 15.4. The van der Waals surface area contributed by atoms with Crippen molar-refractivity contribution < 1.29 is 9.59 Å². The van der Waals surface area contributed by atoms with Crippen molar-refractivity contribution in [3.8, 4) is 0 Å². The second-order valence-electron chi connectivity index (χ2n) is 5.97. The smallest absolute Gasteiger partial charge is 0.248 e. The predicted molar refractivity (Wildman–Crippen MR) is 112 cm³/mol. The number of anilines is 1. The molecule has 0 fully saturated rings. The molecule has 10 heteroatoms. The summed E-state index contributed by atoms with van der Waals surface area (Å²) in [5, 5.41) is 15.6. The molecule has 1 unspecified atom stereocenters. The first-order chi connectivity index (χ1) is 13.5. The molecular formula is C18H20N6O2S2. The molecule has 0 bridgehead atoms. The number of hydrogen-bond donors (Lipinski definition) is 3. The van der Waals surface area contributed by atoms with E-state index in [0.717, 1.165) is 17.0 Å². The zero-order chi connectivity index (χ0) is 20.1. The lowest BCUT2D eigenvalue weighted by Gasteiger charge is -2.25. The topological polar surface area (TPSA) is 122 Å². The van der Waals surface area contributed by atoms with E-state index in [9.17, 15) is 9.59 Å². The Bertz CT molecular complexity index is 939. The van der Waals surface area contributed by atoms with Crippen LogP contribution in [0.15, 0.2) is 46.6 Å². The Morgan fingerprint density at radius 3 is 2.68 bits per heavy atom. The minimum absolute atomic E-state index is 0.146. The molecule has 0 saturated heterocycles. The minimum atomic E-state index is -0.521. The van der Waals surface area contributed by atoms with Gasteiger partial charge in [-0.05, 0) is 18.9 Å². The number of allylic oxidation sites excluding steroid dienone is 1. The first kappa shape index (κ1) is 20.0. The third-order valence-corrected chi connectivity index (χ3v) is 5.83. The Labute approximate surface area is 170 Å². The SMILES string of the molecule is CCc1nnc(NC(=O)CSC2=NC(c3ccccc3)C(C(N)=O)=C(C)N2)s1. The van der Waals surface area contributed by atoms with E-state index >= 15 is 0 Å². The molecule has 2 heterocycles. The van der Waals surface area contributed by atoms with E-state index in [4.69, 9.17) is 5.73 Å². The van der Waals surface area contributed by atoms with Gasteiger partial charge in [-0.1, -0.05) is 60.4 Å². The van der Waals surface area contributed by atoms with Crippen LogP contribution >= 0.6 is 23.1 Å². The number of nitrogens with two attached hydrogens (primary N) is 1. The molecule has 2 amide bonds. The average molecular weight is 417 g/mol. The normalized spacial score (nSPS) is 16.4. The van der Waals surface area contributed by atoms with Crippen LogP contribution in [-0.2, 0) is 16.0 Å². The fourth-order valence-electron chi connectivity index (χ4n) is 2.65. The Balaban J connectivity index is 1.69. The van der Waals surface area contributed by atoms with E-state index in [0.29, 0.717) is 21.6 Å². The van der Waals surface area contributed by atoms with Crippen LogP contribution in [0.4, 0.5) is 5.13 Å². The molecule has 1 aliphatic rings. The monoisotopic (exact) mass is 416 g/mol. The van der Waals surface area contributed by atoms with Gasteiger partial charge in [0, 0.05) is 5.70 Å². The van der Waals surface area contributed by atoms with Crippen molar-refractivity contribution in [2.24, 2.45) is 10.7 Å². The first-order valence-corrected chi connectivity index (χ1v) is 10.4. The molecule has 2 aromatic rings. The quantitative estimate of drug-likeness (QED) is 0.664. The van der Waals surface area contributed by atoms with Gasteiger partial charge < -0.3 is 11.1 Å². The summed E-state index contributed by atoms with van der Waals surface area (Å²) in [7, 11) is 0. The lowest BCUT2D eigenvalue weighted by atomic mass is 9.96. The highest BCUT2D eigenvalue weighted by Crippen LogP contribution is 2.31. The van der Waals surface area contributed by atoms with E-state index in [1.54, 1.807) is 6.92 Å². The Morgan fingerprint density at radius 1 is 1.29 bits per heavy atom. The largest absolute Gasteiger partial charge is 0.366 e. The number of nitrogens with zero attached hydrogens (tertiary/aromatic N) is 3. The van der Waals surface area contributed by atoms with Gasteiger partial charge in [0.25, 0.3) is 0 Å². The van der Waals surface area contributed by atoms with Crippen molar-refractivity contribution in [2.45, 2.75) is 26.3 Å². The van der Waals surface area contributed by atoms with Gasteiger partial charge in [0.15, 0.2) is 5.17 Å². The highest BCUT2D eigenvalue weighted by atomic mass is 32.2. The number of amides is 2. The van der Waals surface area contributed by atoms with Gasteiger partial charge in [-0.3, -0.25) is 14.9 Å². The van der Waals surface area contributed by atoms with Gasteiger partial charge in [-0.15, -0.1) is 10.2 Å². The van der Waals surface area contributed by atoms with Gasteiger partial charge in [-0.25, -0.2) is 4.99 Å². The molecule has 3 rings (SSSR count). The fraction of sp³-hybridized carbons (Fsp3) is 0.278. The Hall–Kier alpha value is -2.72. The molecule has 1 atom stereocenters. The van der Waals surface area contributed by atoms with E-state index in [1.165, 1.54) is 23.1 Å². The van der Waals surface area contributed by atoms with Gasteiger partial charge in [-0.2, -0.15) is 0 Å². The van der Waals surface area contributed by atoms with E-state index in [1.807, 2.05) is 37.3 Å². The van der Waals surface area contributed by atoms with Gasteiger partial charge >= 0.3 is 0 Å². The van der Waals surface area contributed by atoms with Crippen LogP contribution in [0, 0.1) is 0 Å². The van der Waals surface area contributed by atoms with Crippen LogP contribution in [0.5, 0.6) is 0 Å². The van der Waals surface area contributed by atoms with Crippen molar-refractivity contribution >= 4 is 45.2 Å². The molecular weight excluding hydrogens is 396 g/mol. The third-order valence-electron chi connectivity index (χ3n) is 3.95. The molecule has 1 aliphatic heterocycles. The molecule has 0 saturated carbocycles. The van der Waals surface area contributed by atoms with Crippen LogP contribution in [-0.4, -0.2) is 32.9 Å². The van der Waals surface area contributed by atoms with Crippen LogP contribution in [0.3, 0.4) is 0 Å². The number of primary amides is 1. The number of aromatic nitrogens is 2. The van der Waals surface area contributed by atoms with E-state index < -0.39 is 11.9 Å².